The van der Waals surface area contributed by atoms with Crippen LogP contribution in [0.3, 0.4) is 0 Å². The summed E-state index contributed by atoms with van der Waals surface area (Å²) in [7, 11) is -3.61. The molecule has 1 saturated heterocycles. The molecule has 0 bridgehead atoms. The fraction of sp³-hybridized carbons (Fsp3) is 0.682. The number of aryl methyl sites for hydroxylation is 2. The van der Waals surface area contributed by atoms with E-state index in [1.165, 1.54) is 19.3 Å². The number of carbonyl (C=O) groups excluding carboxylic acids is 1. The van der Waals surface area contributed by atoms with E-state index >= 15 is 0 Å². The van der Waals surface area contributed by atoms with E-state index < -0.39 is 10.0 Å². The number of hydrogen-bond acceptors (Lipinski definition) is 5. The fourth-order valence-electron chi connectivity index (χ4n) is 4.47. The Morgan fingerprint density at radius 3 is 2.47 bits per heavy atom. The molecule has 3 rings (SSSR count). The zero-order valence-corrected chi connectivity index (χ0v) is 19.0. The van der Waals surface area contributed by atoms with Gasteiger partial charge in [0.1, 0.15) is 0 Å². The van der Waals surface area contributed by atoms with Gasteiger partial charge in [0.05, 0.1) is 18.1 Å². The first-order valence-electron chi connectivity index (χ1n) is 11.0. The molecule has 8 heteroatoms. The summed E-state index contributed by atoms with van der Waals surface area (Å²) in [5, 5.41) is 3.08. The molecule has 1 saturated carbocycles. The minimum atomic E-state index is -3.61. The zero-order valence-electron chi connectivity index (χ0n) is 18.2. The van der Waals surface area contributed by atoms with Gasteiger partial charge in [0.25, 0.3) is 0 Å². The Balaban J connectivity index is 1.50. The third kappa shape index (κ3) is 5.81. The van der Waals surface area contributed by atoms with Gasteiger partial charge in [0.2, 0.25) is 15.9 Å². The molecule has 0 spiro atoms. The summed E-state index contributed by atoms with van der Waals surface area (Å²) in [5.74, 6) is -0.115. The predicted molar refractivity (Wildman–Crippen MR) is 117 cm³/mol. The van der Waals surface area contributed by atoms with Gasteiger partial charge >= 0.3 is 0 Å². The van der Waals surface area contributed by atoms with Crippen LogP contribution in [0, 0.1) is 13.8 Å². The summed E-state index contributed by atoms with van der Waals surface area (Å²) < 4.78 is 33.0. The van der Waals surface area contributed by atoms with Gasteiger partial charge < -0.3 is 10.1 Å². The van der Waals surface area contributed by atoms with E-state index in [1.54, 1.807) is 18.2 Å². The maximum Gasteiger partial charge on any atom is 0.240 e. The standard InChI is InChI=1S/C22H35N3O4S/c1-18-6-7-20(16-19(18)2)30(27,28)24-11-8-21(26)23-17-22(9-4-3-5-10-22)25-12-14-29-15-13-25/h6-7,16,24H,3-5,8-15,17H2,1-2H3,(H,23,26). The molecule has 0 radical (unpaired) electrons. The third-order valence-corrected chi connectivity index (χ3v) is 7.97. The first-order valence-corrected chi connectivity index (χ1v) is 12.5. The van der Waals surface area contributed by atoms with Gasteiger partial charge in [-0.25, -0.2) is 13.1 Å². The molecule has 168 valence electrons. The van der Waals surface area contributed by atoms with Gasteiger partial charge in [0, 0.05) is 38.1 Å². The molecular weight excluding hydrogens is 402 g/mol. The largest absolute Gasteiger partial charge is 0.379 e. The van der Waals surface area contributed by atoms with Crippen molar-refractivity contribution in [1.29, 1.82) is 0 Å². The molecule has 1 aromatic rings. The average molecular weight is 438 g/mol. The summed E-state index contributed by atoms with van der Waals surface area (Å²) in [6.45, 7) is 7.85. The molecule has 0 unspecified atom stereocenters. The lowest BCUT2D eigenvalue weighted by atomic mass is 9.79. The SMILES string of the molecule is Cc1ccc(S(=O)(=O)NCCC(=O)NCC2(N3CCOCC3)CCCCC2)cc1C. The minimum absolute atomic E-state index is 0.0105. The van der Waals surface area contributed by atoms with Crippen LogP contribution in [0.2, 0.25) is 0 Å². The van der Waals surface area contributed by atoms with Gasteiger partial charge in [0.15, 0.2) is 0 Å². The molecule has 1 aliphatic heterocycles. The lowest BCUT2D eigenvalue weighted by Gasteiger charge is -2.48. The number of morpholine rings is 1. The van der Waals surface area contributed by atoms with Gasteiger partial charge in [-0.05, 0) is 49.9 Å². The number of benzene rings is 1. The minimum Gasteiger partial charge on any atom is -0.379 e. The number of nitrogens with zero attached hydrogens (tertiary/aromatic N) is 1. The van der Waals surface area contributed by atoms with E-state index in [2.05, 4.69) is 14.9 Å². The maximum atomic E-state index is 12.5. The second-order valence-corrected chi connectivity index (χ2v) is 10.3. The second kappa shape index (κ2) is 10.2. The second-order valence-electron chi connectivity index (χ2n) is 8.55. The molecule has 2 fully saturated rings. The maximum absolute atomic E-state index is 12.5. The molecule has 2 aliphatic rings. The topological polar surface area (TPSA) is 87.7 Å². The monoisotopic (exact) mass is 437 g/mol. The predicted octanol–water partition coefficient (Wildman–Crippen LogP) is 2.12. The van der Waals surface area contributed by atoms with E-state index in [4.69, 9.17) is 4.74 Å². The van der Waals surface area contributed by atoms with Crippen molar-refractivity contribution in [3.8, 4) is 0 Å². The quantitative estimate of drug-likeness (QED) is 0.651. The number of ether oxygens (including phenoxy) is 1. The van der Waals surface area contributed by atoms with Crippen molar-refractivity contribution >= 4 is 15.9 Å². The highest BCUT2D eigenvalue weighted by molar-refractivity contribution is 7.89. The third-order valence-electron chi connectivity index (χ3n) is 6.51. The summed E-state index contributed by atoms with van der Waals surface area (Å²) in [4.78, 5) is 15.2. The van der Waals surface area contributed by atoms with Crippen LogP contribution in [0.15, 0.2) is 23.1 Å². The van der Waals surface area contributed by atoms with Crippen molar-refractivity contribution in [1.82, 2.24) is 14.9 Å². The Kier molecular flexibility index (Phi) is 7.90. The van der Waals surface area contributed by atoms with E-state index in [9.17, 15) is 13.2 Å². The number of amides is 1. The van der Waals surface area contributed by atoms with Crippen LogP contribution >= 0.6 is 0 Å². The summed E-state index contributed by atoms with van der Waals surface area (Å²) in [6.07, 6.45) is 5.93. The highest BCUT2D eigenvalue weighted by Gasteiger charge is 2.38. The molecule has 1 aliphatic carbocycles. The van der Waals surface area contributed by atoms with Crippen molar-refractivity contribution in [2.75, 3.05) is 39.4 Å². The van der Waals surface area contributed by atoms with Crippen molar-refractivity contribution in [2.24, 2.45) is 0 Å². The molecule has 0 atom stereocenters. The molecule has 2 N–H and O–H groups in total. The van der Waals surface area contributed by atoms with Crippen LogP contribution in [0.4, 0.5) is 0 Å². The fourth-order valence-corrected chi connectivity index (χ4v) is 5.58. The summed E-state index contributed by atoms with van der Waals surface area (Å²) in [5.41, 5.74) is 1.98. The van der Waals surface area contributed by atoms with Crippen LogP contribution in [0.25, 0.3) is 0 Å². The molecule has 7 nitrogen and oxygen atoms in total. The highest BCUT2D eigenvalue weighted by atomic mass is 32.2. The van der Waals surface area contributed by atoms with Crippen molar-refractivity contribution in [3.63, 3.8) is 0 Å². The van der Waals surface area contributed by atoms with E-state index in [1.807, 2.05) is 13.8 Å². The highest BCUT2D eigenvalue weighted by Crippen LogP contribution is 2.33. The van der Waals surface area contributed by atoms with E-state index in [0.29, 0.717) is 6.54 Å². The van der Waals surface area contributed by atoms with Crippen LogP contribution in [0.1, 0.15) is 49.7 Å². The van der Waals surface area contributed by atoms with Crippen molar-refractivity contribution in [3.05, 3.63) is 29.3 Å². The van der Waals surface area contributed by atoms with Crippen molar-refractivity contribution < 1.29 is 17.9 Å². The van der Waals surface area contributed by atoms with Gasteiger partial charge in [-0.1, -0.05) is 25.3 Å². The van der Waals surface area contributed by atoms with Crippen LogP contribution < -0.4 is 10.0 Å². The Morgan fingerprint density at radius 1 is 1.10 bits per heavy atom. The van der Waals surface area contributed by atoms with E-state index in [-0.39, 0.29) is 29.3 Å². The van der Waals surface area contributed by atoms with Crippen LogP contribution in [-0.2, 0) is 19.6 Å². The number of hydrogen-bond donors (Lipinski definition) is 2. The number of carbonyl (C=O) groups is 1. The molecule has 1 amide bonds. The Bertz CT molecular complexity index is 829. The first-order chi connectivity index (χ1) is 14.3. The lowest BCUT2D eigenvalue weighted by Crippen LogP contribution is -2.59. The molecule has 0 aromatic heterocycles. The average Bonchev–Trinajstić information content (AvgIpc) is 2.75. The zero-order chi connectivity index (χ0) is 21.6. The van der Waals surface area contributed by atoms with Gasteiger partial charge in [-0.2, -0.15) is 0 Å². The molecule has 30 heavy (non-hydrogen) atoms. The number of sulfonamides is 1. The van der Waals surface area contributed by atoms with Gasteiger partial charge in [-0.3, -0.25) is 9.69 Å². The lowest BCUT2D eigenvalue weighted by molar-refractivity contribution is -0.122. The van der Waals surface area contributed by atoms with E-state index in [0.717, 1.165) is 50.3 Å². The van der Waals surface area contributed by atoms with Crippen molar-refractivity contribution in [2.45, 2.75) is 62.8 Å². The molecule has 1 heterocycles. The van der Waals surface area contributed by atoms with Crippen LogP contribution in [-0.4, -0.2) is 64.2 Å². The summed E-state index contributed by atoms with van der Waals surface area (Å²) >= 11 is 0. The normalized spacial score (nSPS) is 20.1. The number of rotatable bonds is 8. The molecule has 1 aromatic carbocycles. The van der Waals surface area contributed by atoms with Crippen LogP contribution in [0.5, 0.6) is 0 Å². The molecular formula is C22H35N3O4S. The summed E-state index contributed by atoms with van der Waals surface area (Å²) in [6, 6.07) is 5.05. The first kappa shape index (κ1) is 23.2. The Hall–Kier alpha value is -1.48. The smallest absolute Gasteiger partial charge is 0.240 e. The number of nitrogens with one attached hydrogen (secondary N) is 2. The Labute approximate surface area is 180 Å². The van der Waals surface area contributed by atoms with Gasteiger partial charge in [-0.15, -0.1) is 0 Å². The Morgan fingerprint density at radius 2 is 1.80 bits per heavy atom.